The largest absolute Gasteiger partial charge is 0.361 e. The average molecular weight is 272 g/mol. The summed E-state index contributed by atoms with van der Waals surface area (Å²) in [6.07, 6.45) is 0. The highest BCUT2D eigenvalue weighted by atomic mass is 35.5. The Morgan fingerprint density at radius 2 is 1.83 bits per heavy atom. The summed E-state index contributed by atoms with van der Waals surface area (Å²) in [4.78, 5) is 13.2. The van der Waals surface area contributed by atoms with Crippen molar-refractivity contribution in [2.45, 2.75) is 27.7 Å². The molecule has 0 radical (unpaired) electrons. The topological polar surface area (TPSA) is 29.5 Å². The fourth-order valence-corrected chi connectivity index (χ4v) is 1.41. The van der Waals surface area contributed by atoms with Gasteiger partial charge >= 0.3 is 0 Å². The molecule has 0 heterocycles. The Morgan fingerprint density at radius 1 is 1.28 bits per heavy atom. The molecule has 0 saturated carbocycles. The molecule has 0 atom stereocenters. The molecule has 1 aromatic carbocycles. The third kappa shape index (κ3) is 5.52. The number of halogens is 1. The summed E-state index contributed by atoms with van der Waals surface area (Å²) in [5.74, 6) is -0.194. The second-order valence-corrected chi connectivity index (χ2v) is 3.68. The molecule has 102 valence electrons. The van der Waals surface area contributed by atoms with Gasteiger partial charge in [-0.2, -0.15) is 0 Å². The minimum absolute atomic E-state index is 0.0407. The maximum atomic E-state index is 11.6. The summed E-state index contributed by atoms with van der Waals surface area (Å²) in [5.41, 5.74) is 1.96. The molecular weight excluding hydrogens is 250 g/mol. The van der Waals surface area contributed by atoms with Gasteiger partial charge in [0.25, 0.3) is 0 Å². The summed E-state index contributed by atoms with van der Waals surface area (Å²) in [5, 5.41) is 0. The van der Waals surface area contributed by atoms with E-state index in [4.69, 9.17) is 16.3 Å². The van der Waals surface area contributed by atoms with Gasteiger partial charge < -0.3 is 4.74 Å². The Morgan fingerprint density at radius 3 is 2.28 bits per heavy atom. The minimum Gasteiger partial charge on any atom is -0.361 e. The van der Waals surface area contributed by atoms with Crippen molar-refractivity contribution < 1.29 is 9.53 Å². The molecule has 1 rings (SSSR count). The van der Waals surface area contributed by atoms with Crippen molar-refractivity contribution >= 4 is 23.2 Å². The number of nitrogens with zero attached hydrogens (tertiary/aromatic N) is 1. The summed E-state index contributed by atoms with van der Waals surface area (Å²) < 4.78 is 5.25. The van der Waals surface area contributed by atoms with Crippen LogP contribution in [0.25, 0.3) is 0 Å². The number of benzene rings is 1. The zero-order valence-electron chi connectivity index (χ0n) is 11.6. The van der Waals surface area contributed by atoms with Crippen molar-refractivity contribution in [2.24, 2.45) is 0 Å². The number of hydrogen-bond donors (Lipinski definition) is 0. The SMILES string of the molecule is CC.CCOCN(C(=O)CCl)c1ccc(C)cc1. The highest BCUT2D eigenvalue weighted by Gasteiger charge is 2.13. The zero-order valence-corrected chi connectivity index (χ0v) is 12.3. The lowest BCUT2D eigenvalue weighted by Gasteiger charge is -2.21. The Labute approximate surface area is 115 Å². The smallest absolute Gasteiger partial charge is 0.243 e. The summed E-state index contributed by atoms with van der Waals surface area (Å²) >= 11 is 5.56. The molecule has 1 aromatic rings. The van der Waals surface area contributed by atoms with E-state index in [2.05, 4.69) is 0 Å². The molecule has 0 fully saturated rings. The van der Waals surface area contributed by atoms with Crippen LogP contribution in [0.1, 0.15) is 26.3 Å². The Balaban J connectivity index is 0.00000137. The number of amides is 1. The van der Waals surface area contributed by atoms with E-state index >= 15 is 0 Å². The molecule has 0 aromatic heterocycles. The molecule has 4 heteroatoms. The van der Waals surface area contributed by atoms with Crippen molar-refractivity contribution in [1.29, 1.82) is 0 Å². The molecule has 0 unspecified atom stereocenters. The monoisotopic (exact) mass is 271 g/mol. The number of alkyl halides is 1. The molecule has 3 nitrogen and oxygen atoms in total. The lowest BCUT2D eigenvalue weighted by Crippen LogP contribution is -2.34. The van der Waals surface area contributed by atoms with Gasteiger partial charge in [-0.25, -0.2) is 0 Å². The van der Waals surface area contributed by atoms with E-state index in [1.807, 2.05) is 52.0 Å². The summed E-state index contributed by atoms with van der Waals surface area (Å²) in [6, 6.07) is 7.68. The third-order valence-corrected chi connectivity index (χ3v) is 2.41. The number of carbonyl (C=O) groups is 1. The van der Waals surface area contributed by atoms with Gasteiger partial charge in [-0.1, -0.05) is 31.5 Å². The number of carbonyl (C=O) groups excluding carboxylic acids is 1. The second kappa shape index (κ2) is 9.92. The zero-order chi connectivity index (χ0) is 14.0. The molecule has 0 N–H and O–H groups in total. The first-order valence-electron chi connectivity index (χ1n) is 6.19. The third-order valence-electron chi connectivity index (χ3n) is 2.19. The Kier molecular flexibility index (Phi) is 9.33. The van der Waals surface area contributed by atoms with Crippen LogP contribution >= 0.6 is 11.6 Å². The lowest BCUT2D eigenvalue weighted by atomic mass is 10.2. The number of aryl methyl sites for hydroxylation is 1. The fourth-order valence-electron chi connectivity index (χ4n) is 1.27. The van der Waals surface area contributed by atoms with E-state index in [1.165, 1.54) is 4.90 Å². The first-order valence-corrected chi connectivity index (χ1v) is 6.73. The Bertz CT molecular complexity index is 338. The van der Waals surface area contributed by atoms with E-state index in [9.17, 15) is 4.79 Å². The van der Waals surface area contributed by atoms with E-state index in [1.54, 1.807) is 0 Å². The van der Waals surface area contributed by atoms with Gasteiger partial charge in [-0.15, -0.1) is 11.6 Å². The van der Waals surface area contributed by atoms with Crippen LogP contribution in [0.4, 0.5) is 5.69 Å². The van der Waals surface area contributed by atoms with Crippen molar-refractivity contribution in [3.05, 3.63) is 29.8 Å². The number of rotatable bonds is 5. The van der Waals surface area contributed by atoms with Gasteiger partial charge in [0, 0.05) is 12.3 Å². The lowest BCUT2D eigenvalue weighted by molar-refractivity contribution is -0.117. The van der Waals surface area contributed by atoms with Crippen molar-refractivity contribution in [2.75, 3.05) is 24.1 Å². The molecule has 18 heavy (non-hydrogen) atoms. The van der Waals surface area contributed by atoms with Crippen LogP contribution in [0.5, 0.6) is 0 Å². The predicted molar refractivity (Wildman–Crippen MR) is 77.2 cm³/mol. The molecule has 0 spiro atoms. The van der Waals surface area contributed by atoms with Gasteiger partial charge in [-0.05, 0) is 26.0 Å². The minimum atomic E-state index is -0.154. The highest BCUT2D eigenvalue weighted by molar-refractivity contribution is 6.29. The van der Waals surface area contributed by atoms with Gasteiger partial charge in [0.15, 0.2) is 0 Å². The summed E-state index contributed by atoms with van der Waals surface area (Å²) in [7, 11) is 0. The normalized spacial score (nSPS) is 9.39. The van der Waals surface area contributed by atoms with Gasteiger partial charge in [-0.3, -0.25) is 9.69 Å². The van der Waals surface area contributed by atoms with E-state index < -0.39 is 0 Å². The standard InChI is InChI=1S/C12H16ClNO2.C2H6/c1-3-16-9-14(12(15)8-13)11-6-4-10(2)5-7-11;1-2/h4-7H,3,8-9H2,1-2H3;1-2H3. The van der Waals surface area contributed by atoms with E-state index in [0.717, 1.165) is 11.3 Å². The molecule has 0 aliphatic carbocycles. The number of ether oxygens (including phenoxy) is 1. The van der Waals surface area contributed by atoms with Crippen LogP contribution in [-0.2, 0) is 9.53 Å². The van der Waals surface area contributed by atoms with E-state index in [0.29, 0.717) is 6.61 Å². The van der Waals surface area contributed by atoms with Crippen LogP contribution in [0.15, 0.2) is 24.3 Å². The molecule has 0 bridgehead atoms. The maximum Gasteiger partial charge on any atom is 0.243 e. The van der Waals surface area contributed by atoms with Gasteiger partial charge in [0.1, 0.15) is 12.6 Å². The van der Waals surface area contributed by atoms with Crippen molar-refractivity contribution in [3.63, 3.8) is 0 Å². The van der Waals surface area contributed by atoms with Crippen molar-refractivity contribution in [1.82, 2.24) is 0 Å². The van der Waals surface area contributed by atoms with Crippen LogP contribution in [-0.4, -0.2) is 25.1 Å². The van der Waals surface area contributed by atoms with Crippen LogP contribution in [0.2, 0.25) is 0 Å². The van der Waals surface area contributed by atoms with Gasteiger partial charge in [0.2, 0.25) is 5.91 Å². The second-order valence-electron chi connectivity index (χ2n) is 3.41. The van der Waals surface area contributed by atoms with Crippen LogP contribution in [0.3, 0.4) is 0 Å². The predicted octanol–water partition coefficient (Wildman–Crippen LogP) is 3.59. The van der Waals surface area contributed by atoms with Crippen molar-refractivity contribution in [3.8, 4) is 0 Å². The average Bonchev–Trinajstić information content (AvgIpc) is 2.43. The van der Waals surface area contributed by atoms with Crippen LogP contribution in [0, 0.1) is 6.92 Å². The first-order chi connectivity index (χ1) is 8.69. The molecule has 0 aliphatic heterocycles. The Hall–Kier alpha value is -1.06. The maximum absolute atomic E-state index is 11.6. The summed E-state index contributed by atoms with van der Waals surface area (Å²) in [6.45, 7) is 8.70. The highest BCUT2D eigenvalue weighted by Crippen LogP contribution is 2.15. The number of anilines is 1. The molecular formula is C14H22ClNO2. The molecule has 1 amide bonds. The van der Waals surface area contributed by atoms with Crippen LogP contribution < -0.4 is 4.90 Å². The molecule has 0 saturated heterocycles. The fraction of sp³-hybridized carbons (Fsp3) is 0.500. The quantitative estimate of drug-likeness (QED) is 0.605. The van der Waals surface area contributed by atoms with Gasteiger partial charge in [0.05, 0.1) is 0 Å². The van der Waals surface area contributed by atoms with E-state index in [-0.39, 0.29) is 18.5 Å². The number of hydrogen-bond acceptors (Lipinski definition) is 2. The first kappa shape index (κ1) is 16.9. The molecule has 0 aliphatic rings.